The van der Waals surface area contributed by atoms with Crippen LogP contribution in [-0.2, 0) is 0 Å². The zero-order valence-electron chi connectivity index (χ0n) is 6.06. The van der Waals surface area contributed by atoms with Gasteiger partial charge in [0, 0.05) is 0 Å². The van der Waals surface area contributed by atoms with E-state index in [9.17, 15) is 0 Å². The fourth-order valence-electron chi connectivity index (χ4n) is 1.25. The van der Waals surface area contributed by atoms with E-state index in [0.717, 1.165) is 0 Å². The summed E-state index contributed by atoms with van der Waals surface area (Å²) in [4.78, 5) is 0. The van der Waals surface area contributed by atoms with E-state index in [1.54, 1.807) is 0 Å². The minimum absolute atomic E-state index is 0.650. The minimum atomic E-state index is -1.60. The molecule has 0 saturated carbocycles. The van der Waals surface area contributed by atoms with Gasteiger partial charge in [0.15, 0.2) is 0 Å². The standard InChI is InChI=1S/C5H12N2.ClH.Sn/c1-4-5(6-2)7-3;;/h5H,4H2,1-3H3;1H;/q-2;;+3/p-1. The molecule has 1 fully saturated rings. The topological polar surface area (TPSA) is 6.48 Å². The van der Waals surface area contributed by atoms with Crippen molar-refractivity contribution in [2.45, 2.75) is 19.5 Å². The molecule has 0 aromatic rings. The summed E-state index contributed by atoms with van der Waals surface area (Å²) in [5.41, 5.74) is 0. The van der Waals surface area contributed by atoms with Crippen LogP contribution < -0.4 is 0 Å². The van der Waals surface area contributed by atoms with Crippen LogP contribution in [0, 0.1) is 0 Å². The number of halogens is 1. The van der Waals surface area contributed by atoms with Crippen molar-refractivity contribution in [3.8, 4) is 0 Å². The fraction of sp³-hybridized carbons (Fsp3) is 1.00. The second-order valence-corrected chi connectivity index (χ2v) is 10.2. The number of rotatable bonds is 1. The van der Waals surface area contributed by atoms with E-state index in [2.05, 4.69) is 27.3 Å². The molecule has 0 unspecified atom stereocenters. The summed E-state index contributed by atoms with van der Waals surface area (Å²) >= 11 is -1.60. The first-order valence-corrected chi connectivity index (χ1v) is 9.33. The zero-order chi connectivity index (χ0) is 7.02. The maximum absolute atomic E-state index is 6.07. The summed E-state index contributed by atoms with van der Waals surface area (Å²) < 4.78 is 4.70. The van der Waals surface area contributed by atoms with Crippen LogP contribution in [0.3, 0.4) is 0 Å². The summed E-state index contributed by atoms with van der Waals surface area (Å²) in [5.74, 6) is 0. The molecule has 4 heteroatoms. The van der Waals surface area contributed by atoms with Crippen molar-refractivity contribution < 1.29 is 0 Å². The predicted molar refractivity (Wildman–Crippen MR) is 41.2 cm³/mol. The van der Waals surface area contributed by atoms with Crippen molar-refractivity contribution in [3.05, 3.63) is 0 Å². The van der Waals surface area contributed by atoms with Crippen molar-refractivity contribution in [1.82, 2.24) is 6.24 Å². The van der Waals surface area contributed by atoms with Crippen LogP contribution in [-0.4, -0.2) is 45.7 Å². The molecular formula is C5H12ClN2Sn. The first-order valence-electron chi connectivity index (χ1n) is 3.16. The SMILES string of the molecule is CCC1[N](C)[Sn]([Cl])[N]1C. The molecule has 1 heterocycles. The van der Waals surface area contributed by atoms with Gasteiger partial charge >= 0.3 is 67.9 Å². The van der Waals surface area contributed by atoms with E-state index in [1.165, 1.54) is 6.42 Å². The van der Waals surface area contributed by atoms with Gasteiger partial charge in [-0.1, -0.05) is 0 Å². The monoisotopic (exact) mass is 255 g/mol. The van der Waals surface area contributed by atoms with Crippen LogP contribution >= 0.6 is 8.92 Å². The third kappa shape index (κ3) is 1.22. The Morgan fingerprint density at radius 1 is 1.44 bits per heavy atom. The van der Waals surface area contributed by atoms with Crippen molar-refractivity contribution in [2.24, 2.45) is 0 Å². The molecule has 9 heavy (non-hydrogen) atoms. The Kier molecular flexibility index (Phi) is 2.65. The number of nitrogens with zero attached hydrogens (tertiary/aromatic N) is 2. The van der Waals surface area contributed by atoms with Crippen LogP contribution in [0.5, 0.6) is 0 Å². The van der Waals surface area contributed by atoms with Crippen molar-refractivity contribution in [1.29, 1.82) is 0 Å². The van der Waals surface area contributed by atoms with Gasteiger partial charge in [-0.15, -0.1) is 0 Å². The third-order valence-corrected chi connectivity index (χ3v) is 10.4. The molecule has 1 aliphatic heterocycles. The average Bonchev–Trinajstić information content (AvgIpc) is 1.89. The molecule has 0 aliphatic carbocycles. The van der Waals surface area contributed by atoms with Gasteiger partial charge in [-0.3, -0.25) is 0 Å². The second-order valence-electron chi connectivity index (χ2n) is 2.38. The van der Waals surface area contributed by atoms with Gasteiger partial charge < -0.3 is 0 Å². The van der Waals surface area contributed by atoms with E-state index in [0.29, 0.717) is 6.17 Å². The summed E-state index contributed by atoms with van der Waals surface area (Å²) in [6.45, 7) is 2.20. The van der Waals surface area contributed by atoms with E-state index >= 15 is 0 Å². The normalized spacial score (nSPS) is 26.7. The molecule has 0 N–H and O–H groups in total. The first-order chi connectivity index (χ1) is 4.18. The molecule has 2 nitrogen and oxygen atoms in total. The molecule has 53 valence electrons. The van der Waals surface area contributed by atoms with Crippen molar-refractivity contribution >= 4 is 28.1 Å². The van der Waals surface area contributed by atoms with E-state index in [-0.39, 0.29) is 0 Å². The Balaban J connectivity index is 2.41. The Bertz CT molecular complexity index is 101. The molecule has 1 aliphatic rings. The van der Waals surface area contributed by atoms with Crippen LogP contribution in [0.4, 0.5) is 0 Å². The van der Waals surface area contributed by atoms with Crippen molar-refractivity contribution in [3.63, 3.8) is 0 Å². The molecular weight excluding hydrogens is 242 g/mol. The molecule has 0 aromatic heterocycles. The van der Waals surface area contributed by atoms with E-state index < -0.39 is 19.2 Å². The Hall–Kier alpha value is 1.01. The summed E-state index contributed by atoms with van der Waals surface area (Å²) in [6.07, 6.45) is 1.85. The van der Waals surface area contributed by atoms with Crippen molar-refractivity contribution in [2.75, 3.05) is 14.1 Å². The molecule has 0 aromatic carbocycles. The Morgan fingerprint density at radius 2 is 1.89 bits per heavy atom. The van der Waals surface area contributed by atoms with Crippen LogP contribution in [0.1, 0.15) is 13.3 Å². The zero-order valence-corrected chi connectivity index (χ0v) is 9.67. The van der Waals surface area contributed by atoms with Crippen LogP contribution in [0.15, 0.2) is 0 Å². The van der Waals surface area contributed by atoms with Gasteiger partial charge in [0.2, 0.25) is 0 Å². The number of hydrogen-bond donors (Lipinski definition) is 0. The maximum atomic E-state index is 6.07. The Morgan fingerprint density at radius 3 is 2.11 bits per heavy atom. The quantitative estimate of drug-likeness (QED) is 0.639. The Labute approximate surface area is 67.9 Å². The predicted octanol–water partition coefficient (Wildman–Crippen LogP) is 0.823. The van der Waals surface area contributed by atoms with Crippen LogP contribution in [0.2, 0.25) is 0 Å². The summed E-state index contributed by atoms with van der Waals surface area (Å²) in [6, 6.07) is 0. The van der Waals surface area contributed by atoms with Gasteiger partial charge in [0.25, 0.3) is 0 Å². The average molecular weight is 254 g/mol. The molecule has 1 radical (unpaired) electrons. The molecule has 0 amide bonds. The van der Waals surface area contributed by atoms with E-state index in [4.69, 9.17) is 8.92 Å². The molecule has 1 rings (SSSR count). The van der Waals surface area contributed by atoms with Crippen LogP contribution in [0.25, 0.3) is 0 Å². The van der Waals surface area contributed by atoms with Gasteiger partial charge in [-0.25, -0.2) is 0 Å². The van der Waals surface area contributed by atoms with Gasteiger partial charge in [-0.05, 0) is 0 Å². The second kappa shape index (κ2) is 2.94. The molecule has 0 spiro atoms. The summed E-state index contributed by atoms with van der Waals surface area (Å²) in [5, 5.41) is 0. The summed E-state index contributed by atoms with van der Waals surface area (Å²) in [7, 11) is 10.3. The molecule has 1 saturated heterocycles. The van der Waals surface area contributed by atoms with Gasteiger partial charge in [0.1, 0.15) is 0 Å². The molecule has 0 atom stereocenters. The third-order valence-electron chi connectivity index (χ3n) is 1.84. The van der Waals surface area contributed by atoms with Gasteiger partial charge in [0.05, 0.1) is 0 Å². The molecule has 0 bridgehead atoms. The number of hydrogen-bond acceptors (Lipinski definition) is 2. The van der Waals surface area contributed by atoms with Gasteiger partial charge in [-0.2, -0.15) is 0 Å². The van der Waals surface area contributed by atoms with E-state index in [1.807, 2.05) is 0 Å². The first kappa shape index (κ1) is 8.11. The fourth-order valence-corrected chi connectivity index (χ4v) is 7.13.